The van der Waals surface area contributed by atoms with E-state index in [1.54, 1.807) is 0 Å². The molecule has 0 heterocycles. The van der Waals surface area contributed by atoms with E-state index in [0.717, 1.165) is 108 Å². The summed E-state index contributed by atoms with van der Waals surface area (Å²) < 4.78 is 68.7. The molecule has 0 aliphatic carbocycles. The van der Waals surface area contributed by atoms with Crippen LogP contribution in [0.25, 0.3) is 0 Å². The third kappa shape index (κ3) is 71.1. The molecule has 582 valence electrons. The van der Waals surface area contributed by atoms with Gasteiger partial charge in [0.1, 0.15) is 19.3 Å². The van der Waals surface area contributed by atoms with Crippen molar-refractivity contribution in [1.29, 1.82) is 0 Å². The zero-order chi connectivity index (χ0) is 72.1. The molecule has 0 saturated heterocycles. The number of hydrogen-bond donors (Lipinski definition) is 3. The highest BCUT2D eigenvalue weighted by atomic mass is 31.2. The van der Waals surface area contributed by atoms with Crippen LogP contribution in [0.1, 0.15) is 414 Å². The van der Waals surface area contributed by atoms with E-state index in [0.29, 0.717) is 25.7 Å². The van der Waals surface area contributed by atoms with Crippen molar-refractivity contribution in [3.05, 3.63) is 0 Å². The third-order valence-electron chi connectivity index (χ3n) is 18.8. The number of rotatable bonds is 78. The molecule has 98 heavy (non-hydrogen) atoms. The summed E-state index contributed by atoms with van der Waals surface area (Å²) in [6.45, 7) is 9.61. The van der Waals surface area contributed by atoms with Crippen molar-refractivity contribution in [2.45, 2.75) is 432 Å². The maximum absolute atomic E-state index is 13.1. The molecule has 3 N–H and O–H groups in total. The Kier molecular flexibility index (Phi) is 69.3. The number of carbonyl (C=O) groups excluding carboxylic acids is 4. The van der Waals surface area contributed by atoms with Gasteiger partial charge in [0.05, 0.1) is 26.4 Å². The number of carbonyl (C=O) groups is 4. The van der Waals surface area contributed by atoms with Gasteiger partial charge < -0.3 is 33.8 Å². The van der Waals surface area contributed by atoms with Gasteiger partial charge in [-0.15, -0.1) is 0 Å². The number of aliphatic hydroxyl groups is 1. The summed E-state index contributed by atoms with van der Waals surface area (Å²) in [5.41, 5.74) is 0. The van der Waals surface area contributed by atoms with Crippen LogP contribution in [0.2, 0.25) is 0 Å². The quantitative estimate of drug-likeness (QED) is 0.0222. The minimum Gasteiger partial charge on any atom is -0.462 e. The van der Waals surface area contributed by atoms with Crippen LogP contribution < -0.4 is 0 Å². The minimum absolute atomic E-state index is 0.107. The zero-order valence-electron chi connectivity index (χ0n) is 64.1. The van der Waals surface area contributed by atoms with Gasteiger partial charge in [0, 0.05) is 25.7 Å². The lowest BCUT2D eigenvalue weighted by Gasteiger charge is -2.21. The lowest BCUT2D eigenvalue weighted by molar-refractivity contribution is -0.161. The van der Waals surface area contributed by atoms with Crippen LogP contribution in [0.5, 0.6) is 0 Å². The van der Waals surface area contributed by atoms with Gasteiger partial charge in [0.2, 0.25) is 0 Å². The monoisotopic (exact) mass is 1440 g/mol. The van der Waals surface area contributed by atoms with Crippen molar-refractivity contribution in [2.24, 2.45) is 11.8 Å². The van der Waals surface area contributed by atoms with Crippen LogP contribution in [-0.2, 0) is 65.4 Å². The lowest BCUT2D eigenvalue weighted by Crippen LogP contribution is -2.30. The molecule has 0 aliphatic rings. The summed E-state index contributed by atoms with van der Waals surface area (Å²) in [7, 11) is -9.92. The molecule has 17 nitrogen and oxygen atoms in total. The fraction of sp³-hybridized carbons (Fsp3) is 0.949. The van der Waals surface area contributed by atoms with Gasteiger partial charge in [0.25, 0.3) is 0 Å². The fourth-order valence-corrected chi connectivity index (χ4v) is 13.7. The number of esters is 4. The van der Waals surface area contributed by atoms with Crippen LogP contribution in [-0.4, -0.2) is 96.7 Å². The number of ether oxygens (including phenoxy) is 4. The Morgan fingerprint density at radius 3 is 0.776 bits per heavy atom. The molecule has 0 aromatic carbocycles. The van der Waals surface area contributed by atoms with Crippen LogP contribution in [0.15, 0.2) is 0 Å². The van der Waals surface area contributed by atoms with Gasteiger partial charge in [-0.3, -0.25) is 37.3 Å². The second-order valence-electron chi connectivity index (χ2n) is 29.2. The first-order chi connectivity index (χ1) is 47.4. The van der Waals surface area contributed by atoms with Crippen molar-refractivity contribution in [3.63, 3.8) is 0 Å². The van der Waals surface area contributed by atoms with Crippen molar-refractivity contribution in [3.8, 4) is 0 Å². The fourth-order valence-electron chi connectivity index (χ4n) is 12.2. The van der Waals surface area contributed by atoms with Gasteiger partial charge in [-0.2, -0.15) is 0 Å². The summed E-state index contributed by atoms with van der Waals surface area (Å²) >= 11 is 0. The molecule has 0 radical (unpaired) electrons. The van der Waals surface area contributed by atoms with Crippen molar-refractivity contribution in [1.82, 2.24) is 0 Å². The summed E-state index contributed by atoms with van der Waals surface area (Å²) in [4.78, 5) is 73.0. The second-order valence-corrected chi connectivity index (χ2v) is 32.1. The topological polar surface area (TPSA) is 237 Å². The molecule has 3 unspecified atom stereocenters. The normalized spacial score (nSPS) is 14.2. The van der Waals surface area contributed by atoms with Gasteiger partial charge >= 0.3 is 39.5 Å². The van der Waals surface area contributed by atoms with E-state index in [1.807, 2.05) is 0 Å². The van der Waals surface area contributed by atoms with E-state index in [9.17, 15) is 43.2 Å². The largest absolute Gasteiger partial charge is 0.472 e. The highest BCUT2D eigenvalue weighted by Crippen LogP contribution is 2.45. The van der Waals surface area contributed by atoms with E-state index in [4.69, 9.17) is 37.0 Å². The number of phosphoric acid groups is 2. The van der Waals surface area contributed by atoms with E-state index >= 15 is 0 Å². The van der Waals surface area contributed by atoms with Gasteiger partial charge in [0.15, 0.2) is 12.2 Å². The molecule has 0 fully saturated rings. The molecule has 0 aromatic rings. The van der Waals surface area contributed by atoms with Gasteiger partial charge in [-0.25, -0.2) is 9.13 Å². The summed E-state index contributed by atoms with van der Waals surface area (Å²) in [6, 6.07) is 0. The lowest BCUT2D eigenvalue weighted by atomic mass is 10.00. The van der Waals surface area contributed by atoms with Crippen molar-refractivity contribution >= 4 is 39.5 Å². The Morgan fingerprint density at radius 2 is 0.520 bits per heavy atom. The molecule has 0 rings (SSSR count). The Hall–Kier alpha value is -1.94. The summed E-state index contributed by atoms with van der Waals surface area (Å²) in [6.07, 6.45) is 59.6. The van der Waals surface area contributed by atoms with E-state index < -0.39 is 97.5 Å². The summed E-state index contributed by atoms with van der Waals surface area (Å²) in [5, 5.41) is 10.6. The number of aliphatic hydroxyl groups excluding tert-OH is 1. The average Bonchev–Trinajstić information content (AvgIpc) is 0.985. The van der Waals surface area contributed by atoms with E-state index in [1.165, 1.54) is 225 Å². The Balaban J connectivity index is 5.25. The smallest absolute Gasteiger partial charge is 0.462 e. The van der Waals surface area contributed by atoms with Crippen LogP contribution in [0, 0.1) is 11.8 Å². The predicted molar refractivity (Wildman–Crippen MR) is 400 cm³/mol. The Morgan fingerprint density at radius 1 is 0.296 bits per heavy atom. The number of phosphoric ester groups is 2. The van der Waals surface area contributed by atoms with Crippen LogP contribution in [0.4, 0.5) is 0 Å². The van der Waals surface area contributed by atoms with Crippen molar-refractivity contribution in [2.75, 3.05) is 39.6 Å². The molecule has 19 heteroatoms. The molecular formula is C79H154O17P2. The third-order valence-corrected chi connectivity index (χ3v) is 20.7. The SMILES string of the molecule is CCCCCCCCCCCCCCCCCCC(=O)OC[C@H](COP(=O)(O)OC[C@@H](O)COP(=O)(O)OC[C@@H](COC(=O)CCCCCCCCC(C)CC)OC(=O)CCCCCCCCCCCCCCCCC)OC(=O)CCCCCCCCCCCCCCCCC(C)C. The summed E-state index contributed by atoms with van der Waals surface area (Å²) in [5.74, 6) is -0.584. The molecule has 0 amide bonds. The minimum atomic E-state index is -4.96. The van der Waals surface area contributed by atoms with E-state index in [2.05, 4.69) is 41.5 Å². The average molecular weight is 1440 g/mol. The first-order valence-corrected chi connectivity index (χ1v) is 44.0. The predicted octanol–water partition coefficient (Wildman–Crippen LogP) is 23.5. The first kappa shape index (κ1) is 96.1. The molecule has 0 aromatic heterocycles. The van der Waals surface area contributed by atoms with Crippen LogP contribution >= 0.6 is 15.6 Å². The number of unbranched alkanes of at least 4 members (excludes halogenated alkanes) is 47. The highest BCUT2D eigenvalue weighted by Gasteiger charge is 2.30. The highest BCUT2D eigenvalue weighted by molar-refractivity contribution is 7.47. The molecule has 0 bridgehead atoms. The molecule has 6 atom stereocenters. The maximum Gasteiger partial charge on any atom is 0.472 e. The first-order valence-electron chi connectivity index (χ1n) is 41.0. The molecular weight excluding hydrogens is 1280 g/mol. The number of hydrogen-bond acceptors (Lipinski definition) is 15. The molecule has 0 saturated carbocycles. The maximum atomic E-state index is 13.1. The standard InChI is InChI=1S/C79H154O17P2/c1-7-10-12-14-16-18-20-22-24-26-30-34-38-42-49-55-61-76(81)89-67-74(95-78(83)63-58-52-44-40-36-32-28-27-29-33-37-41-47-53-59-71(4)5)69-93-97(85,86)91-65-73(80)66-92-98(87,88)94-70-75(68-90-77(82)62-56-50-46-45-48-54-60-72(6)9-3)96-79(84)64-57-51-43-39-35-31-25-23-21-19-17-15-13-11-8-2/h71-75,80H,7-70H2,1-6H3,(H,85,86)(H,87,88)/t72?,73-,74-,75-/m1/s1. The van der Waals surface area contributed by atoms with Crippen molar-refractivity contribution < 1.29 is 80.2 Å². The Labute approximate surface area is 600 Å². The van der Waals surface area contributed by atoms with Gasteiger partial charge in [-0.05, 0) is 37.5 Å². The van der Waals surface area contributed by atoms with E-state index in [-0.39, 0.29) is 25.7 Å². The zero-order valence-corrected chi connectivity index (χ0v) is 65.9. The molecule has 0 spiro atoms. The van der Waals surface area contributed by atoms with Gasteiger partial charge in [-0.1, -0.05) is 363 Å². The Bertz CT molecular complexity index is 1890. The van der Waals surface area contributed by atoms with Crippen LogP contribution in [0.3, 0.4) is 0 Å². The molecule has 0 aliphatic heterocycles. The second kappa shape index (κ2) is 70.7.